The summed E-state index contributed by atoms with van der Waals surface area (Å²) in [6.45, 7) is 3.10. The van der Waals surface area contributed by atoms with Crippen LogP contribution in [0.3, 0.4) is 0 Å². The van der Waals surface area contributed by atoms with Crippen LogP contribution in [-0.2, 0) is 7.05 Å². The van der Waals surface area contributed by atoms with Crippen LogP contribution in [0.1, 0.15) is 38.7 Å². The van der Waals surface area contributed by atoms with Gasteiger partial charge in [-0.3, -0.25) is 14.3 Å². The summed E-state index contributed by atoms with van der Waals surface area (Å²) in [7, 11) is 1.82. The number of ketones is 1. The predicted molar refractivity (Wildman–Crippen MR) is 83.0 cm³/mol. The Morgan fingerprint density at radius 3 is 2.59 bits per heavy atom. The average molecular weight is 318 g/mol. The lowest BCUT2D eigenvalue weighted by Crippen LogP contribution is -2.40. The molecule has 1 saturated heterocycles. The molecule has 3 heterocycles. The first-order valence-electron chi connectivity index (χ1n) is 7.29. The van der Waals surface area contributed by atoms with Gasteiger partial charge in [0.2, 0.25) is 0 Å². The summed E-state index contributed by atoms with van der Waals surface area (Å²) in [5, 5.41) is 6.51. The highest BCUT2D eigenvalue weighted by atomic mass is 32.1. The monoisotopic (exact) mass is 318 g/mol. The van der Waals surface area contributed by atoms with E-state index in [1.165, 1.54) is 11.3 Å². The second kappa shape index (κ2) is 6.00. The van der Waals surface area contributed by atoms with Gasteiger partial charge in [0.1, 0.15) is 0 Å². The van der Waals surface area contributed by atoms with Crippen molar-refractivity contribution in [3.05, 3.63) is 34.0 Å². The Bertz CT molecular complexity index is 684. The van der Waals surface area contributed by atoms with Gasteiger partial charge >= 0.3 is 0 Å². The first-order valence-corrected chi connectivity index (χ1v) is 8.17. The van der Waals surface area contributed by atoms with Crippen LogP contribution >= 0.6 is 11.3 Å². The van der Waals surface area contributed by atoms with Crippen molar-refractivity contribution in [3.8, 4) is 0 Å². The third-order valence-electron chi connectivity index (χ3n) is 4.26. The van der Waals surface area contributed by atoms with Crippen molar-refractivity contribution in [3.63, 3.8) is 0 Å². The number of nitrogens with zero attached hydrogens (tertiary/aromatic N) is 4. The van der Waals surface area contributed by atoms with E-state index in [1.54, 1.807) is 17.1 Å². The lowest BCUT2D eigenvalue weighted by atomic mass is 9.92. The molecule has 0 aromatic carbocycles. The number of amides is 1. The Kier molecular flexibility index (Phi) is 4.06. The number of aryl methyl sites for hydroxylation is 1. The fourth-order valence-electron chi connectivity index (χ4n) is 2.74. The van der Waals surface area contributed by atoms with E-state index in [9.17, 15) is 9.59 Å². The van der Waals surface area contributed by atoms with Gasteiger partial charge in [-0.15, -0.1) is 11.3 Å². The minimum atomic E-state index is -0.0230. The van der Waals surface area contributed by atoms with Crippen LogP contribution in [0.5, 0.6) is 0 Å². The predicted octanol–water partition coefficient (Wildman–Crippen LogP) is 1.92. The van der Waals surface area contributed by atoms with Crippen LogP contribution < -0.4 is 0 Å². The topological polar surface area (TPSA) is 68.1 Å². The number of carbonyl (C=O) groups excluding carboxylic acids is 2. The standard InChI is InChI=1S/C15H18N4O2S/c1-10-12(9-17-18(10)2)15(21)19-6-3-11(4-7-19)13(20)14-16-5-8-22-14/h5,8-9,11H,3-4,6-7H2,1-2H3. The summed E-state index contributed by atoms with van der Waals surface area (Å²) < 4.78 is 1.70. The number of Topliss-reactive ketones (excluding diaryl/α,β-unsaturated/α-hetero) is 1. The second-order valence-electron chi connectivity index (χ2n) is 5.54. The van der Waals surface area contributed by atoms with Crippen molar-refractivity contribution in [2.45, 2.75) is 19.8 Å². The van der Waals surface area contributed by atoms with E-state index in [0.29, 0.717) is 36.5 Å². The highest BCUT2D eigenvalue weighted by Crippen LogP contribution is 2.24. The zero-order valence-electron chi connectivity index (χ0n) is 12.7. The van der Waals surface area contributed by atoms with Gasteiger partial charge in [-0.05, 0) is 19.8 Å². The number of thiazole rings is 1. The SMILES string of the molecule is Cc1c(C(=O)N2CCC(C(=O)c3nccs3)CC2)cnn1C. The quantitative estimate of drug-likeness (QED) is 0.811. The third-order valence-corrected chi connectivity index (χ3v) is 5.05. The van der Waals surface area contributed by atoms with Crippen LogP contribution in [-0.4, -0.2) is 44.4 Å². The molecule has 0 atom stereocenters. The van der Waals surface area contributed by atoms with Gasteiger partial charge in [-0.2, -0.15) is 5.10 Å². The number of carbonyl (C=O) groups is 2. The van der Waals surface area contributed by atoms with Crippen LogP contribution in [0.15, 0.2) is 17.8 Å². The first-order chi connectivity index (χ1) is 10.6. The Balaban J connectivity index is 1.63. The van der Waals surface area contributed by atoms with Crippen molar-refractivity contribution >= 4 is 23.0 Å². The summed E-state index contributed by atoms with van der Waals surface area (Å²) in [5.74, 6) is 0.0931. The molecule has 0 bridgehead atoms. The average Bonchev–Trinajstić information content (AvgIpc) is 3.18. The van der Waals surface area contributed by atoms with E-state index in [1.807, 2.05) is 24.3 Å². The molecule has 3 rings (SSSR count). The Morgan fingerprint density at radius 2 is 2.05 bits per heavy atom. The number of piperidine rings is 1. The zero-order valence-corrected chi connectivity index (χ0v) is 13.5. The largest absolute Gasteiger partial charge is 0.338 e. The maximum Gasteiger partial charge on any atom is 0.257 e. The molecule has 116 valence electrons. The van der Waals surface area contributed by atoms with Crippen LogP contribution in [0, 0.1) is 12.8 Å². The maximum atomic E-state index is 12.5. The Labute approximate surface area is 132 Å². The van der Waals surface area contributed by atoms with E-state index in [-0.39, 0.29) is 17.6 Å². The van der Waals surface area contributed by atoms with Crippen LogP contribution in [0.4, 0.5) is 0 Å². The van der Waals surface area contributed by atoms with Crippen molar-refractivity contribution in [1.29, 1.82) is 0 Å². The molecule has 2 aromatic heterocycles. The molecule has 0 N–H and O–H groups in total. The molecule has 0 radical (unpaired) electrons. The first kappa shape index (κ1) is 14.9. The molecule has 7 heteroatoms. The highest BCUT2D eigenvalue weighted by molar-refractivity contribution is 7.11. The van der Waals surface area contributed by atoms with Gasteiger partial charge in [0.05, 0.1) is 11.8 Å². The zero-order chi connectivity index (χ0) is 15.7. The summed E-state index contributed by atoms with van der Waals surface area (Å²) in [4.78, 5) is 30.7. The molecule has 0 aliphatic carbocycles. The van der Waals surface area contributed by atoms with Gasteiger partial charge in [-0.25, -0.2) is 4.98 Å². The molecule has 1 aliphatic heterocycles. The fraction of sp³-hybridized carbons (Fsp3) is 0.467. The molecule has 0 unspecified atom stereocenters. The fourth-order valence-corrected chi connectivity index (χ4v) is 3.40. The molecular weight excluding hydrogens is 300 g/mol. The number of likely N-dealkylation sites (tertiary alicyclic amines) is 1. The number of aromatic nitrogens is 3. The summed E-state index contributed by atoms with van der Waals surface area (Å²) >= 11 is 1.38. The third kappa shape index (κ3) is 2.68. The summed E-state index contributed by atoms with van der Waals surface area (Å²) in [6.07, 6.45) is 4.67. The van der Waals surface area contributed by atoms with Crippen molar-refractivity contribution in [2.24, 2.45) is 13.0 Å². The van der Waals surface area contributed by atoms with Gasteiger partial charge in [0, 0.05) is 43.3 Å². The maximum absolute atomic E-state index is 12.5. The second-order valence-corrected chi connectivity index (χ2v) is 6.43. The van der Waals surface area contributed by atoms with Gasteiger partial charge in [-0.1, -0.05) is 0 Å². The minimum Gasteiger partial charge on any atom is -0.338 e. The Morgan fingerprint density at radius 1 is 1.32 bits per heavy atom. The van der Waals surface area contributed by atoms with Gasteiger partial charge < -0.3 is 4.90 Å². The van der Waals surface area contributed by atoms with Crippen LogP contribution in [0.25, 0.3) is 0 Å². The van der Waals surface area contributed by atoms with Gasteiger partial charge in [0.15, 0.2) is 10.8 Å². The molecule has 22 heavy (non-hydrogen) atoms. The van der Waals surface area contributed by atoms with Gasteiger partial charge in [0.25, 0.3) is 5.91 Å². The van der Waals surface area contributed by atoms with Crippen molar-refractivity contribution < 1.29 is 9.59 Å². The molecular formula is C15H18N4O2S. The Hall–Kier alpha value is -2.02. The number of rotatable bonds is 3. The highest BCUT2D eigenvalue weighted by Gasteiger charge is 2.30. The summed E-state index contributed by atoms with van der Waals surface area (Å²) in [6, 6.07) is 0. The summed E-state index contributed by atoms with van der Waals surface area (Å²) in [5.41, 5.74) is 1.51. The molecule has 0 saturated carbocycles. The van der Waals surface area contributed by atoms with E-state index in [2.05, 4.69) is 10.1 Å². The van der Waals surface area contributed by atoms with Crippen LogP contribution in [0.2, 0.25) is 0 Å². The molecule has 2 aromatic rings. The number of hydrogen-bond donors (Lipinski definition) is 0. The molecule has 0 spiro atoms. The lowest BCUT2D eigenvalue weighted by Gasteiger charge is -2.30. The van der Waals surface area contributed by atoms with E-state index in [4.69, 9.17) is 0 Å². The van der Waals surface area contributed by atoms with E-state index < -0.39 is 0 Å². The van der Waals surface area contributed by atoms with Crippen molar-refractivity contribution in [2.75, 3.05) is 13.1 Å². The number of hydrogen-bond acceptors (Lipinski definition) is 5. The molecule has 6 nitrogen and oxygen atoms in total. The smallest absolute Gasteiger partial charge is 0.257 e. The molecule has 1 aliphatic rings. The molecule has 1 fully saturated rings. The minimum absolute atomic E-state index is 0.00532. The van der Waals surface area contributed by atoms with Crippen molar-refractivity contribution in [1.82, 2.24) is 19.7 Å². The van der Waals surface area contributed by atoms with E-state index in [0.717, 1.165) is 5.69 Å². The lowest BCUT2D eigenvalue weighted by molar-refractivity contribution is 0.0649. The van der Waals surface area contributed by atoms with E-state index >= 15 is 0 Å². The molecule has 1 amide bonds. The normalized spacial score (nSPS) is 16.0.